The highest BCUT2D eigenvalue weighted by molar-refractivity contribution is 7.09. The van der Waals surface area contributed by atoms with Crippen LogP contribution in [0.1, 0.15) is 30.6 Å². The summed E-state index contributed by atoms with van der Waals surface area (Å²) in [5, 5.41) is 2.16. The lowest BCUT2D eigenvalue weighted by Gasteiger charge is -2.33. The number of hydrogen-bond acceptors (Lipinski definition) is 3. The molecule has 1 fully saturated rings. The highest BCUT2D eigenvalue weighted by Crippen LogP contribution is 2.30. The Balaban J connectivity index is 1.82. The molecular weight excluding hydrogens is 228 g/mol. The Morgan fingerprint density at radius 1 is 1.35 bits per heavy atom. The summed E-state index contributed by atoms with van der Waals surface area (Å²) in [6, 6.07) is 4.36. The van der Waals surface area contributed by atoms with Crippen LogP contribution in [-0.4, -0.2) is 25.0 Å². The Labute approximate surface area is 109 Å². The molecule has 2 unspecified atom stereocenters. The van der Waals surface area contributed by atoms with Gasteiger partial charge in [0.25, 0.3) is 0 Å². The zero-order valence-electron chi connectivity index (χ0n) is 10.8. The van der Waals surface area contributed by atoms with Crippen LogP contribution in [0.3, 0.4) is 0 Å². The molecule has 0 aromatic carbocycles. The maximum atomic E-state index is 5.89. The van der Waals surface area contributed by atoms with Crippen molar-refractivity contribution in [2.75, 3.05) is 20.1 Å². The molecule has 1 aromatic rings. The fourth-order valence-electron chi connectivity index (χ4n) is 2.97. The summed E-state index contributed by atoms with van der Waals surface area (Å²) in [6.45, 7) is 3.17. The number of nitrogens with zero attached hydrogens (tertiary/aromatic N) is 1. The van der Waals surface area contributed by atoms with Gasteiger partial charge in [-0.1, -0.05) is 18.9 Å². The van der Waals surface area contributed by atoms with E-state index in [0.717, 1.165) is 24.9 Å². The van der Waals surface area contributed by atoms with E-state index in [9.17, 15) is 0 Å². The molecule has 2 atom stereocenters. The zero-order valence-corrected chi connectivity index (χ0v) is 11.6. The molecule has 1 aliphatic carbocycles. The summed E-state index contributed by atoms with van der Waals surface area (Å²) in [6.07, 6.45) is 5.49. The molecule has 0 spiro atoms. The predicted molar refractivity (Wildman–Crippen MR) is 75.2 cm³/mol. The van der Waals surface area contributed by atoms with Crippen molar-refractivity contribution < 1.29 is 0 Å². The maximum absolute atomic E-state index is 5.89. The first-order chi connectivity index (χ1) is 8.29. The van der Waals surface area contributed by atoms with Crippen LogP contribution >= 0.6 is 11.3 Å². The Hall–Kier alpha value is -0.380. The second-order valence-corrected chi connectivity index (χ2v) is 6.35. The van der Waals surface area contributed by atoms with Crippen LogP contribution in [0.15, 0.2) is 17.5 Å². The number of hydrogen-bond donors (Lipinski definition) is 1. The maximum Gasteiger partial charge on any atom is 0.0324 e. The van der Waals surface area contributed by atoms with E-state index in [0.29, 0.717) is 0 Å². The van der Waals surface area contributed by atoms with Gasteiger partial charge in [-0.25, -0.2) is 0 Å². The zero-order chi connectivity index (χ0) is 12.1. The summed E-state index contributed by atoms with van der Waals surface area (Å²) >= 11 is 1.85. The predicted octanol–water partition coefficient (Wildman–Crippen LogP) is 2.95. The molecule has 1 heterocycles. The molecule has 1 aliphatic rings. The summed E-state index contributed by atoms with van der Waals surface area (Å²) < 4.78 is 0. The number of rotatable bonds is 5. The number of nitrogens with two attached hydrogens (primary N) is 1. The minimum atomic E-state index is 0.759. The molecule has 0 radical (unpaired) electrons. The third-order valence-corrected chi connectivity index (χ3v) is 4.78. The van der Waals surface area contributed by atoms with E-state index in [-0.39, 0.29) is 0 Å². The van der Waals surface area contributed by atoms with Crippen LogP contribution < -0.4 is 5.73 Å². The third-order valence-electron chi connectivity index (χ3n) is 3.92. The Kier molecular flexibility index (Phi) is 5.01. The van der Waals surface area contributed by atoms with Crippen molar-refractivity contribution in [2.24, 2.45) is 17.6 Å². The van der Waals surface area contributed by atoms with Crippen molar-refractivity contribution in [1.82, 2.24) is 4.90 Å². The van der Waals surface area contributed by atoms with Gasteiger partial charge in [0.15, 0.2) is 0 Å². The molecule has 2 nitrogen and oxygen atoms in total. The van der Waals surface area contributed by atoms with Crippen molar-refractivity contribution in [3.63, 3.8) is 0 Å². The van der Waals surface area contributed by atoms with Crippen molar-refractivity contribution in [2.45, 2.75) is 32.2 Å². The van der Waals surface area contributed by atoms with Crippen LogP contribution in [0.4, 0.5) is 0 Å². The van der Waals surface area contributed by atoms with Gasteiger partial charge < -0.3 is 10.6 Å². The standard InChI is InChI=1S/C14H24N2S/c1-16(11-14-7-4-8-17-14)10-13-6-3-2-5-12(13)9-15/h4,7-8,12-13H,2-3,5-6,9-11,15H2,1H3. The van der Waals surface area contributed by atoms with Gasteiger partial charge in [0.2, 0.25) is 0 Å². The first-order valence-electron chi connectivity index (χ1n) is 6.70. The first kappa shape index (κ1) is 13.1. The number of thiophene rings is 1. The molecule has 1 aromatic heterocycles. The minimum absolute atomic E-state index is 0.759. The second-order valence-electron chi connectivity index (χ2n) is 5.32. The monoisotopic (exact) mass is 252 g/mol. The molecule has 2 N–H and O–H groups in total. The van der Waals surface area contributed by atoms with Gasteiger partial charge in [-0.2, -0.15) is 0 Å². The summed E-state index contributed by atoms with van der Waals surface area (Å²) in [4.78, 5) is 3.93. The SMILES string of the molecule is CN(Cc1cccs1)CC1CCCCC1CN. The van der Waals surface area contributed by atoms with E-state index < -0.39 is 0 Å². The average molecular weight is 252 g/mol. The molecule has 0 amide bonds. The van der Waals surface area contributed by atoms with Gasteiger partial charge in [-0.15, -0.1) is 11.3 Å². The molecule has 2 rings (SSSR count). The fraction of sp³-hybridized carbons (Fsp3) is 0.714. The lowest BCUT2D eigenvalue weighted by molar-refractivity contribution is 0.171. The van der Waals surface area contributed by atoms with Gasteiger partial charge in [0.1, 0.15) is 0 Å². The van der Waals surface area contributed by atoms with Crippen molar-refractivity contribution in [3.8, 4) is 0 Å². The molecule has 0 aliphatic heterocycles. The topological polar surface area (TPSA) is 29.3 Å². The van der Waals surface area contributed by atoms with Gasteiger partial charge in [0, 0.05) is 18.0 Å². The van der Waals surface area contributed by atoms with E-state index in [1.54, 1.807) is 0 Å². The van der Waals surface area contributed by atoms with E-state index in [4.69, 9.17) is 5.73 Å². The van der Waals surface area contributed by atoms with Crippen molar-refractivity contribution in [3.05, 3.63) is 22.4 Å². The Morgan fingerprint density at radius 2 is 2.12 bits per heavy atom. The van der Waals surface area contributed by atoms with Gasteiger partial charge in [0.05, 0.1) is 0 Å². The first-order valence-corrected chi connectivity index (χ1v) is 7.58. The largest absolute Gasteiger partial charge is 0.330 e. The van der Waals surface area contributed by atoms with Crippen LogP contribution in [0, 0.1) is 11.8 Å². The molecule has 1 saturated carbocycles. The molecule has 96 valence electrons. The van der Waals surface area contributed by atoms with E-state index in [1.165, 1.54) is 37.1 Å². The highest BCUT2D eigenvalue weighted by Gasteiger charge is 2.24. The van der Waals surface area contributed by atoms with Gasteiger partial charge >= 0.3 is 0 Å². The summed E-state index contributed by atoms with van der Waals surface area (Å²) in [5.74, 6) is 1.58. The van der Waals surface area contributed by atoms with Crippen LogP contribution in [-0.2, 0) is 6.54 Å². The van der Waals surface area contributed by atoms with Crippen molar-refractivity contribution in [1.29, 1.82) is 0 Å². The minimum Gasteiger partial charge on any atom is -0.330 e. The Morgan fingerprint density at radius 3 is 2.76 bits per heavy atom. The van der Waals surface area contributed by atoms with Crippen LogP contribution in [0.5, 0.6) is 0 Å². The second kappa shape index (κ2) is 6.53. The lowest BCUT2D eigenvalue weighted by atomic mass is 9.79. The summed E-state index contributed by atoms with van der Waals surface area (Å²) in [5.41, 5.74) is 5.89. The van der Waals surface area contributed by atoms with E-state index in [1.807, 2.05) is 11.3 Å². The molecule has 3 heteroatoms. The van der Waals surface area contributed by atoms with Crippen molar-refractivity contribution >= 4 is 11.3 Å². The normalized spacial score (nSPS) is 25.4. The van der Waals surface area contributed by atoms with E-state index in [2.05, 4.69) is 29.5 Å². The quantitative estimate of drug-likeness (QED) is 0.873. The molecular formula is C14H24N2S. The lowest BCUT2D eigenvalue weighted by Crippen LogP contribution is -2.35. The molecule has 17 heavy (non-hydrogen) atoms. The Bertz CT molecular complexity index is 310. The summed E-state index contributed by atoms with van der Waals surface area (Å²) in [7, 11) is 2.24. The van der Waals surface area contributed by atoms with Gasteiger partial charge in [-0.05, 0) is 49.7 Å². The van der Waals surface area contributed by atoms with Crippen LogP contribution in [0.25, 0.3) is 0 Å². The third kappa shape index (κ3) is 3.80. The fourth-order valence-corrected chi connectivity index (χ4v) is 3.75. The van der Waals surface area contributed by atoms with E-state index >= 15 is 0 Å². The molecule has 0 bridgehead atoms. The van der Waals surface area contributed by atoms with Gasteiger partial charge in [-0.3, -0.25) is 0 Å². The highest BCUT2D eigenvalue weighted by atomic mass is 32.1. The van der Waals surface area contributed by atoms with Crippen LogP contribution in [0.2, 0.25) is 0 Å². The molecule has 0 saturated heterocycles. The average Bonchev–Trinajstić information content (AvgIpc) is 2.82. The smallest absolute Gasteiger partial charge is 0.0324 e.